The van der Waals surface area contributed by atoms with Crippen molar-refractivity contribution >= 4 is 24.0 Å². The van der Waals surface area contributed by atoms with Crippen LogP contribution in [0.4, 0.5) is 10.1 Å². The lowest BCUT2D eigenvalue weighted by Gasteiger charge is -2.31. The Hall–Kier alpha value is -1.33. The first-order chi connectivity index (χ1) is 10.6. The van der Waals surface area contributed by atoms with Crippen LogP contribution in [-0.2, 0) is 4.79 Å². The maximum absolute atomic E-state index is 14.1. The molecule has 0 bridgehead atoms. The van der Waals surface area contributed by atoms with E-state index >= 15 is 0 Å². The minimum atomic E-state index is -0.414. The summed E-state index contributed by atoms with van der Waals surface area (Å²) < 4.78 is 19.8. The van der Waals surface area contributed by atoms with Crippen LogP contribution in [0.3, 0.4) is 0 Å². The molecule has 1 unspecified atom stereocenters. The lowest BCUT2D eigenvalue weighted by atomic mass is 9.88. The van der Waals surface area contributed by atoms with Gasteiger partial charge >= 0.3 is 0 Å². The van der Waals surface area contributed by atoms with Crippen LogP contribution in [-0.4, -0.2) is 25.1 Å². The maximum Gasteiger partial charge on any atom is 0.227 e. The lowest BCUT2D eigenvalue weighted by molar-refractivity contribution is -0.121. The van der Waals surface area contributed by atoms with Crippen molar-refractivity contribution in [3.05, 3.63) is 24.0 Å². The van der Waals surface area contributed by atoms with Gasteiger partial charge in [0, 0.05) is 17.7 Å². The topological polar surface area (TPSA) is 50.4 Å². The van der Waals surface area contributed by atoms with E-state index in [4.69, 9.17) is 4.74 Å². The molecule has 1 heterocycles. The fourth-order valence-electron chi connectivity index (χ4n) is 2.99. The minimum Gasteiger partial charge on any atom is -0.487 e. The van der Waals surface area contributed by atoms with Crippen molar-refractivity contribution in [1.29, 1.82) is 0 Å². The first-order valence-corrected chi connectivity index (χ1v) is 8.11. The summed E-state index contributed by atoms with van der Waals surface area (Å²) in [7, 11) is 0. The third kappa shape index (κ3) is 4.36. The highest BCUT2D eigenvalue weighted by Crippen LogP contribution is 2.28. The van der Waals surface area contributed by atoms with E-state index in [2.05, 4.69) is 10.6 Å². The van der Waals surface area contributed by atoms with Gasteiger partial charge in [0.05, 0.1) is 6.10 Å². The molecule has 0 radical (unpaired) electrons. The van der Waals surface area contributed by atoms with Crippen molar-refractivity contribution in [1.82, 2.24) is 5.32 Å². The molecule has 23 heavy (non-hydrogen) atoms. The molecule has 4 nitrogen and oxygen atoms in total. The third-order valence-electron chi connectivity index (χ3n) is 4.73. The summed E-state index contributed by atoms with van der Waals surface area (Å²) in [6.07, 6.45) is 4.40. The highest BCUT2D eigenvalue weighted by atomic mass is 35.5. The average Bonchev–Trinajstić information content (AvgIpc) is 2.93. The van der Waals surface area contributed by atoms with Gasteiger partial charge in [-0.2, -0.15) is 0 Å². The minimum absolute atomic E-state index is 0. The van der Waals surface area contributed by atoms with E-state index in [0.717, 1.165) is 38.8 Å². The Morgan fingerprint density at radius 3 is 2.61 bits per heavy atom. The zero-order valence-electron chi connectivity index (χ0n) is 13.3. The number of amides is 1. The molecule has 1 amide bonds. The number of anilines is 1. The fraction of sp³-hybridized carbons (Fsp3) is 0.588. The Morgan fingerprint density at radius 1 is 1.35 bits per heavy atom. The molecular weight excluding hydrogens is 319 g/mol. The van der Waals surface area contributed by atoms with Crippen LogP contribution in [0.2, 0.25) is 0 Å². The van der Waals surface area contributed by atoms with Crippen molar-refractivity contribution in [2.75, 3.05) is 18.4 Å². The summed E-state index contributed by atoms with van der Waals surface area (Å²) >= 11 is 0. The molecule has 1 aromatic rings. The summed E-state index contributed by atoms with van der Waals surface area (Å²) in [5.74, 6) is 0.104. The van der Waals surface area contributed by atoms with Gasteiger partial charge in [0.1, 0.15) is 0 Å². The number of hydrogen-bond acceptors (Lipinski definition) is 3. The molecule has 1 aromatic carbocycles. The molecule has 128 valence electrons. The fourth-order valence-corrected chi connectivity index (χ4v) is 2.99. The van der Waals surface area contributed by atoms with Gasteiger partial charge in [-0.25, -0.2) is 4.39 Å². The second-order valence-electron chi connectivity index (χ2n) is 6.37. The Kier molecular flexibility index (Phi) is 6.25. The number of nitrogens with one attached hydrogen (secondary N) is 2. The predicted molar refractivity (Wildman–Crippen MR) is 90.7 cm³/mol. The first kappa shape index (κ1) is 18.0. The molecule has 1 saturated carbocycles. The van der Waals surface area contributed by atoms with Crippen molar-refractivity contribution < 1.29 is 13.9 Å². The number of carbonyl (C=O) groups is 1. The van der Waals surface area contributed by atoms with E-state index in [9.17, 15) is 9.18 Å². The molecule has 1 saturated heterocycles. The summed E-state index contributed by atoms with van der Waals surface area (Å²) in [5, 5.41) is 5.95. The van der Waals surface area contributed by atoms with Gasteiger partial charge in [-0.3, -0.25) is 4.79 Å². The summed E-state index contributed by atoms with van der Waals surface area (Å²) in [6, 6.07) is 4.66. The maximum atomic E-state index is 14.1. The normalized spacial score (nSPS) is 19.6. The molecule has 6 heteroatoms. The number of rotatable bonds is 5. The van der Waals surface area contributed by atoms with Crippen molar-refractivity contribution in [3.8, 4) is 5.75 Å². The van der Waals surface area contributed by atoms with Crippen LogP contribution in [0.1, 0.15) is 32.6 Å². The molecular formula is C17H24ClFN2O2. The zero-order chi connectivity index (χ0) is 15.5. The first-order valence-electron chi connectivity index (χ1n) is 8.11. The Bertz CT molecular complexity index is 545. The Balaban J connectivity index is 0.00000192. The van der Waals surface area contributed by atoms with E-state index in [-0.39, 0.29) is 36.1 Å². The Morgan fingerprint density at radius 2 is 2.04 bits per heavy atom. The van der Waals surface area contributed by atoms with Gasteiger partial charge in [0.2, 0.25) is 5.91 Å². The smallest absolute Gasteiger partial charge is 0.227 e. The molecule has 0 spiro atoms. The van der Waals surface area contributed by atoms with Gasteiger partial charge in [-0.1, -0.05) is 6.92 Å². The van der Waals surface area contributed by atoms with Crippen LogP contribution in [0, 0.1) is 17.7 Å². The summed E-state index contributed by atoms with van der Waals surface area (Å²) in [5.41, 5.74) is 0.486. The van der Waals surface area contributed by atoms with E-state index in [1.165, 1.54) is 6.07 Å². The van der Waals surface area contributed by atoms with Crippen LogP contribution >= 0.6 is 12.4 Å². The molecule has 2 N–H and O–H groups in total. The van der Waals surface area contributed by atoms with Gasteiger partial charge in [-0.15, -0.1) is 12.4 Å². The molecule has 2 aliphatic rings. The number of hydrogen-bond donors (Lipinski definition) is 2. The number of benzene rings is 1. The second kappa shape index (κ2) is 7.97. The SMILES string of the molecule is CC(C(=O)Nc1ccc(OC2CCCC2)c(F)c1)C1CNC1.Cl. The van der Waals surface area contributed by atoms with Gasteiger partial charge in [0.15, 0.2) is 11.6 Å². The van der Waals surface area contributed by atoms with E-state index in [1.54, 1.807) is 12.1 Å². The standard InChI is InChI=1S/C17H23FN2O2.ClH/c1-11(12-9-19-10-12)17(21)20-13-6-7-16(15(18)8-13)22-14-4-2-3-5-14;/h6-8,11-12,14,19H,2-5,9-10H2,1H3,(H,20,21);1H. The van der Waals surface area contributed by atoms with Crippen molar-refractivity contribution in [2.24, 2.45) is 11.8 Å². The molecule has 2 fully saturated rings. The van der Waals surface area contributed by atoms with Crippen molar-refractivity contribution in [2.45, 2.75) is 38.7 Å². The van der Waals surface area contributed by atoms with Crippen molar-refractivity contribution in [3.63, 3.8) is 0 Å². The highest BCUT2D eigenvalue weighted by molar-refractivity contribution is 5.92. The number of ether oxygens (including phenoxy) is 1. The monoisotopic (exact) mass is 342 g/mol. The average molecular weight is 343 g/mol. The molecule has 1 aliphatic heterocycles. The molecule has 3 rings (SSSR count). The zero-order valence-corrected chi connectivity index (χ0v) is 14.1. The van der Waals surface area contributed by atoms with Gasteiger partial charge in [0.25, 0.3) is 0 Å². The van der Waals surface area contributed by atoms with E-state index in [0.29, 0.717) is 11.6 Å². The summed E-state index contributed by atoms with van der Waals surface area (Å²) in [6.45, 7) is 3.66. The second-order valence-corrected chi connectivity index (χ2v) is 6.37. The highest BCUT2D eigenvalue weighted by Gasteiger charge is 2.28. The molecule has 1 aliphatic carbocycles. The largest absolute Gasteiger partial charge is 0.487 e. The van der Waals surface area contributed by atoms with Crippen LogP contribution in [0.25, 0.3) is 0 Å². The molecule has 0 aromatic heterocycles. The third-order valence-corrected chi connectivity index (χ3v) is 4.73. The van der Waals surface area contributed by atoms with E-state index < -0.39 is 5.82 Å². The Labute approximate surface area is 142 Å². The summed E-state index contributed by atoms with van der Waals surface area (Å²) in [4.78, 5) is 12.1. The van der Waals surface area contributed by atoms with Crippen LogP contribution < -0.4 is 15.4 Å². The van der Waals surface area contributed by atoms with Gasteiger partial charge in [-0.05, 0) is 56.8 Å². The lowest BCUT2D eigenvalue weighted by Crippen LogP contribution is -2.48. The molecule has 1 atom stereocenters. The van der Waals surface area contributed by atoms with Crippen LogP contribution in [0.5, 0.6) is 5.75 Å². The quantitative estimate of drug-likeness (QED) is 0.862. The number of halogens is 2. The predicted octanol–water partition coefficient (Wildman–Crippen LogP) is 3.36. The van der Waals surface area contributed by atoms with Crippen LogP contribution in [0.15, 0.2) is 18.2 Å². The van der Waals surface area contributed by atoms with Gasteiger partial charge < -0.3 is 15.4 Å². The number of carbonyl (C=O) groups excluding carboxylic acids is 1. The van der Waals surface area contributed by atoms with E-state index in [1.807, 2.05) is 6.92 Å².